The van der Waals surface area contributed by atoms with E-state index in [9.17, 15) is 9.59 Å². The van der Waals surface area contributed by atoms with Gasteiger partial charge in [0.05, 0.1) is 0 Å². The molecule has 1 saturated carbocycles. The summed E-state index contributed by atoms with van der Waals surface area (Å²) in [4.78, 5) is 23.3. The maximum absolute atomic E-state index is 12.4. The lowest BCUT2D eigenvalue weighted by Crippen LogP contribution is -2.48. The first-order valence-electron chi connectivity index (χ1n) is 8.92. The molecule has 1 aliphatic rings. The molecule has 0 aromatic heterocycles. The lowest BCUT2D eigenvalue weighted by atomic mass is 9.95. The van der Waals surface area contributed by atoms with Crippen LogP contribution in [0, 0.1) is 0 Å². The van der Waals surface area contributed by atoms with Crippen LogP contribution in [-0.4, -0.2) is 40.7 Å². The number of hydrogen-bond donors (Lipinski definition) is 3. The Labute approximate surface area is 154 Å². The van der Waals surface area contributed by atoms with Gasteiger partial charge in [0, 0.05) is 23.8 Å². The average molecular weight is 365 g/mol. The molecule has 1 aliphatic carbocycles. The second kappa shape index (κ2) is 10.3. The van der Waals surface area contributed by atoms with Crippen molar-refractivity contribution in [2.24, 2.45) is 0 Å². The molecule has 25 heavy (non-hydrogen) atoms. The minimum Gasteiger partial charge on any atom is -0.481 e. The summed E-state index contributed by atoms with van der Waals surface area (Å²) in [6.07, 6.45) is 7.62. The van der Waals surface area contributed by atoms with Crippen molar-refractivity contribution in [2.45, 2.75) is 62.3 Å². The summed E-state index contributed by atoms with van der Waals surface area (Å²) < 4.78 is 0. The fourth-order valence-electron chi connectivity index (χ4n) is 3.32. The molecule has 0 radical (unpaired) electrons. The first-order valence-corrected chi connectivity index (χ1v) is 10.2. The topological polar surface area (TPSA) is 78.4 Å². The molecular formula is C19H28N2O3S. The Morgan fingerprint density at radius 2 is 2.04 bits per heavy atom. The van der Waals surface area contributed by atoms with Gasteiger partial charge < -0.3 is 15.7 Å². The molecule has 3 unspecified atom stereocenters. The average Bonchev–Trinajstić information content (AvgIpc) is 2.60. The van der Waals surface area contributed by atoms with Crippen molar-refractivity contribution in [1.82, 2.24) is 10.6 Å². The Morgan fingerprint density at radius 3 is 2.72 bits per heavy atom. The van der Waals surface area contributed by atoms with Gasteiger partial charge in [-0.2, -0.15) is 11.8 Å². The summed E-state index contributed by atoms with van der Waals surface area (Å²) in [5.74, 6) is -0.838. The van der Waals surface area contributed by atoms with Gasteiger partial charge in [-0.05, 0) is 43.9 Å². The Bertz CT molecular complexity index is 553. The lowest BCUT2D eigenvalue weighted by molar-refractivity contribution is -0.137. The molecule has 3 atom stereocenters. The van der Waals surface area contributed by atoms with Crippen molar-refractivity contribution in [3.63, 3.8) is 0 Å². The molecule has 0 heterocycles. The van der Waals surface area contributed by atoms with E-state index < -0.39 is 5.97 Å². The van der Waals surface area contributed by atoms with Gasteiger partial charge in [0.25, 0.3) is 0 Å². The van der Waals surface area contributed by atoms with E-state index in [-0.39, 0.29) is 24.5 Å². The highest BCUT2D eigenvalue weighted by Gasteiger charge is 2.23. The molecule has 1 aromatic carbocycles. The largest absolute Gasteiger partial charge is 0.481 e. The van der Waals surface area contributed by atoms with Crippen LogP contribution < -0.4 is 10.6 Å². The van der Waals surface area contributed by atoms with Crippen molar-refractivity contribution >= 4 is 23.8 Å². The van der Waals surface area contributed by atoms with Gasteiger partial charge >= 0.3 is 12.0 Å². The van der Waals surface area contributed by atoms with Crippen LogP contribution in [0.4, 0.5) is 4.79 Å². The van der Waals surface area contributed by atoms with E-state index in [1.54, 1.807) is 0 Å². The fraction of sp³-hybridized carbons (Fsp3) is 0.579. The normalized spacial score (nSPS) is 21.3. The van der Waals surface area contributed by atoms with E-state index in [1.807, 2.05) is 42.1 Å². The molecule has 0 saturated heterocycles. The Hall–Kier alpha value is -1.69. The van der Waals surface area contributed by atoms with Crippen LogP contribution >= 0.6 is 11.8 Å². The van der Waals surface area contributed by atoms with Crippen LogP contribution in [0.25, 0.3) is 0 Å². The predicted molar refractivity (Wildman–Crippen MR) is 102 cm³/mol. The van der Waals surface area contributed by atoms with E-state index in [1.165, 1.54) is 6.42 Å². The molecule has 6 heteroatoms. The summed E-state index contributed by atoms with van der Waals surface area (Å²) in [6.45, 7) is 0. The monoisotopic (exact) mass is 364 g/mol. The molecule has 3 N–H and O–H groups in total. The third kappa shape index (κ3) is 7.38. The third-order valence-corrected chi connectivity index (χ3v) is 5.76. The number of carboxylic acids is 1. The van der Waals surface area contributed by atoms with Crippen molar-refractivity contribution in [1.29, 1.82) is 0 Å². The van der Waals surface area contributed by atoms with E-state index >= 15 is 0 Å². The van der Waals surface area contributed by atoms with Crippen LogP contribution in [0.1, 0.15) is 44.1 Å². The van der Waals surface area contributed by atoms with Gasteiger partial charge in [-0.3, -0.25) is 4.79 Å². The molecule has 2 rings (SSSR count). The van der Waals surface area contributed by atoms with Crippen LogP contribution in [0.15, 0.2) is 30.3 Å². The molecule has 0 spiro atoms. The SMILES string of the molecule is CSC1CCCC(NC(=O)NC(CCC(=O)O)Cc2ccccc2)C1. The van der Waals surface area contributed by atoms with Crippen molar-refractivity contribution in [2.75, 3.05) is 6.26 Å². The first-order chi connectivity index (χ1) is 12.1. The number of benzene rings is 1. The zero-order valence-electron chi connectivity index (χ0n) is 14.7. The molecule has 1 aromatic rings. The number of thioether (sulfide) groups is 1. The van der Waals surface area contributed by atoms with E-state index in [0.29, 0.717) is 18.1 Å². The Morgan fingerprint density at radius 1 is 1.28 bits per heavy atom. The zero-order valence-corrected chi connectivity index (χ0v) is 15.6. The van der Waals surface area contributed by atoms with Crippen molar-refractivity contribution < 1.29 is 14.7 Å². The van der Waals surface area contributed by atoms with Gasteiger partial charge in [-0.1, -0.05) is 36.8 Å². The van der Waals surface area contributed by atoms with E-state index in [0.717, 1.165) is 24.8 Å². The van der Waals surface area contributed by atoms with E-state index in [2.05, 4.69) is 16.9 Å². The predicted octanol–water partition coefficient (Wildman–Crippen LogP) is 3.44. The number of urea groups is 1. The van der Waals surface area contributed by atoms with Crippen LogP contribution in [0.2, 0.25) is 0 Å². The molecule has 1 fully saturated rings. The molecule has 2 amide bonds. The standard InChI is InChI=1S/C19H28N2O3S/c1-25-17-9-5-8-15(13-17)20-19(24)21-16(10-11-18(22)23)12-14-6-3-2-4-7-14/h2-4,6-7,15-17H,5,8-13H2,1H3,(H,22,23)(H2,20,21,24). The number of carboxylic acid groups (broad SMARTS) is 1. The second-order valence-electron chi connectivity index (χ2n) is 6.66. The summed E-state index contributed by atoms with van der Waals surface area (Å²) in [7, 11) is 0. The highest BCUT2D eigenvalue weighted by Crippen LogP contribution is 2.26. The molecule has 0 aliphatic heterocycles. The van der Waals surface area contributed by atoms with E-state index in [4.69, 9.17) is 5.11 Å². The highest BCUT2D eigenvalue weighted by atomic mass is 32.2. The smallest absolute Gasteiger partial charge is 0.315 e. The third-order valence-electron chi connectivity index (χ3n) is 4.66. The maximum atomic E-state index is 12.4. The number of aliphatic carboxylic acids is 1. The quantitative estimate of drug-likeness (QED) is 0.660. The number of amides is 2. The molecule has 138 valence electrons. The van der Waals surface area contributed by atoms with Crippen LogP contribution in [0.3, 0.4) is 0 Å². The summed E-state index contributed by atoms with van der Waals surface area (Å²) in [6, 6.07) is 9.69. The summed E-state index contributed by atoms with van der Waals surface area (Å²) in [5.41, 5.74) is 1.10. The minimum atomic E-state index is -0.838. The number of rotatable bonds is 8. The molecular weight excluding hydrogens is 336 g/mol. The second-order valence-corrected chi connectivity index (χ2v) is 7.80. The van der Waals surface area contributed by atoms with Gasteiger partial charge in [0.2, 0.25) is 0 Å². The Kier molecular flexibility index (Phi) is 8.12. The molecule has 0 bridgehead atoms. The number of nitrogens with one attached hydrogen (secondary N) is 2. The Balaban J connectivity index is 1.88. The summed E-state index contributed by atoms with van der Waals surface area (Å²) >= 11 is 1.87. The lowest BCUT2D eigenvalue weighted by Gasteiger charge is -2.29. The zero-order chi connectivity index (χ0) is 18.1. The van der Waals surface area contributed by atoms with Gasteiger partial charge in [0.1, 0.15) is 0 Å². The maximum Gasteiger partial charge on any atom is 0.315 e. The highest BCUT2D eigenvalue weighted by molar-refractivity contribution is 7.99. The van der Waals surface area contributed by atoms with Crippen LogP contribution in [-0.2, 0) is 11.2 Å². The number of carbonyl (C=O) groups excluding carboxylic acids is 1. The number of carbonyl (C=O) groups is 2. The van der Waals surface area contributed by atoms with Crippen molar-refractivity contribution in [3.8, 4) is 0 Å². The fourth-order valence-corrected chi connectivity index (χ4v) is 4.15. The molecule has 5 nitrogen and oxygen atoms in total. The van der Waals surface area contributed by atoms with Crippen molar-refractivity contribution in [3.05, 3.63) is 35.9 Å². The van der Waals surface area contributed by atoms with Gasteiger partial charge in [-0.15, -0.1) is 0 Å². The van der Waals surface area contributed by atoms with Gasteiger partial charge in [0.15, 0.2) is 0 Å². The summed E-state index contributed by atoms with van der Waals surface area (Å²) in [5, 5.41) is 15.6. The van der Waals surface area contributed by atoms with Crippen LogP contribution in [0.5, 0.6) is 0 Å². The van der Waals surface area contributed by atoms with Gasteiger partial charge in [-0.25, -0.2) is 4.79 Å². The first kappa shape index (κ1) is 19.6. The minimum absolute atomic E-state index is 0.0513. The number of hydrogen-bond acceptors (Lipinski definition) is 3.